The Balaban J connectivity index is 2.16. The molecule has 16 heavy (non-hydrogen) atoms. The van der Waals surface area contributed by atoms with E-state index in [9.17, 15) is 4.79 Å². The number of anilines is 1. The molecule has 0 atom stereocenters. The molecule has 0 bridgehead atoms. The number of nitrogens with one attached hydrogen (secondary N) is 1. The molecule has 2 aliphatic heterocycles. The van der Waals surface area contributed by atoms with Crippen LogP contribution in [0.15, 0.2) is 18.3 Å². The Morgan fingerprint density at radius 1 is 1.44 bits per heavy atom. The monoisotopic (exact) mass is 217 g/mol. The molecular formula is C12H15N3O. The molecule has 1 aromatic heterocycles. The number of carbonyl (C=O) groups is 1. The van der Waals surface area contributed by atoms with Gasteiger partial charge in [-0.05, 0) is 32.0 Å². The van der Waals surface area contributed by atoms with Crippen molar-refractivity contribution in [1.82, 2.24) is 10.3 Å². The van der Waals surface area contributed by atoms with Gasteiger partial charge < -0.3 is 5.32 Å². The number of pyridine rings is 1. The van der Waals surface area contributed by atoms with Crippen LogP contribution in [0.5, 0.6) is 0 Å². The summed E-state index contributed by atoms with van der Waals surface area (Å²) >= 11 is 0. The molecule has 4 heteroatoms. The van der Waals surface area contributed by atoms with E-state index >= 15 is 0 Å². The smallest absolute Gasteiger partial charge is 0.238 e. The zero-order chi connectivity index (χ0) is 11.2. The molecule has 1 N–H and O–H groups in total. The van der Waals surface area contributed by atoms with Gasteiger partial charge >= 0.3 is 0 Å². The summed E-state index contributed by atoms with van der Waals surface area (Å²) in [6.45, 7) is 1.82. The van der Waals surface area contributed by atoms with Crippen LogP contribution < -0.4 is 10.2 Å². The van der Waals surface area contributed by atoms with E-state index < -0.39 is 0 Å². The minimum Gasteiger partial charge on any atom is -0.317 e. The standard InChI is InChI=1S/C12H15N3O/c1-15-10-9(3-2-6-14-10)12(11(15)16)4-7-13-8-5-12/h2-3,6,13H,4-5,7-8H2,1H3. The quantitative estimate of drug-likeness (QED) is 0.695. The number of hydrogen-bond donors (Lipinski definition) is 1. The molecule has 0 saturated carbocycles. The second-order valence-electron chi connectivity index (χ2n) is 4.57. The van der Waals surface area contributed by atoms with E-state index in [4.69, 9.17) is 0 Å². The van der Waals surface area contributed by atoms with Crippen molar-refractivity contribution in [3.05, 3.63) is 23.9 Å². The summed E-state index contributed by atoms with van der Waals surface area (Å²) in [5.41, 5.74) is 0.813. The van der Waals surface area contributed by atoms with Crippen molar-refractivity contribution in [2.75, 3.05) is 25.0 Å². The normalized spacial score (nSPS) is 22.6. The molecule has 84 valence electrons. The Labute approximate surface area is 94.7 Å². The van der Waals surface area contributed by atoms with Gasteiger partial charge in [-0.25, -0.2) is 4.98 Å². The highest BCUT2D eigenvalue weighted by Gasteiger charge is 2.50. The van der Waals surface area contributed by atoms with Crippen molar-refractivity contribution in [2.45, 2.75) is 18.3 Å². The highest BCUT2D eigenvalue weighted by Crippen LogP contribution is 2.44. The van der Waals surface area contributed by atoms with Crippen LogP contribution in [0.4, 0.5) is 5.82 Å². The molecule has 3 rings (SSSR count). The number of piperidine rings is 1. The summed E-state index contributed by atoms with van der Waals surface area (Å²) < 4.78 is 0. The maximum atomic E-state index is 12.4. The average Bonchev–Trinajstić information content (AvgIpc) is 2.55. The molecule has 1 spiro atoms. The maximum absolute atomic E-state index is 12.4. The van der Waals surface area contributed by atoms with Crippen molar-refractivity contribution in [2.24, 2.45) is 0 Å². The molecule has 1 aromatic rings. The van der Waals surface area contributed by atoms with E-state index in [0.717, 1.165) is 37.3 Å². The fraction of sp³-hybridized carbons (Fsp3) is 0.500. The molecule has 3 heterocycles. The maximum Gasteiger partial charge on any atom is 0.238 e. The van der Waals surface area contributed by atoms with Gasteiger partial charge in [0.15, 0.2) is 0 Å². The third kappa shape index (κ3) is 1.08. The van der Waals surface area contributed by atoms with Gasteiger partial charge in [0, 0.05) is 18.8 Å². The Bertz CT molecular complexity index is 438. The van der Waals surface area contributed by atoms with E-state index in [1.807, 2.05) is 13.1 Å². The summed E-state index contributed by atoms with van der Waals surface area (Å²) in [6.07, 6.45) is 3.52. The number of likely N-dealkylation sites (N-methyl/N-ethyl adjacent to an activating group) is 1. The minimum absolute atomic E-state index is 0.211. The van der Waals surface area contributed by atoms with Crippen LogP contribution in [-0.4, -0.2) is 31.0 Å². The summed E-state index contributed by atoms with van der Waals surface area (Å²) in [7, 11) is 1.82. The first-order chi connectivity index (χ1) is 7.76. The summed E-state index contributed by atoms with van der Waals surface area (Å²) in [5.74, 6) is 1.05. The first kappa shape index (κ1) is 9.78. The average molecular weight is 217 g/mol. The Morgan fingerprint density at radius 3 is 2.94 bits per heavy atom. The van der Waals surface area contributed by atoms with Crippen LogP contribution in [0, 0.1) is 0 Å². The predicted molar refractivity (Wildman–Crippen MR) is 61.4 cm³/mol. The van der Waals surface area contributed by atoms with Crippen LogP contribution in [-0.2, 0) is 10.2 Å². The first-order valence-corrected chi connectivity index (χ1v) is 5.70. The fourth-order valence-electron chi connectivity index (χ4n) is 2.91. The Hall–Kier alpha value is -1.42. The highest BCUT2D eigenvalue weighted by molar-refractivity contribution is 6.06. The lowest BCUT2D eigenvalue weighted by atomic mass is 9.74. The van der Waals surface area contributed by atoms with Gasteiger partial charge in [-0.3, -0.25) is 9.69 Å². The third-order valence-corrected chi connectivity index (χ3v) is 3.79. The molecular weight excluding hydrogens is 202 g/mol. The molecule has 0 unspecified atom stereocenters. The molecule has 0 radical (unpaired) electrons. The lowest BCUT2D eigenvalue weighted by Crippen LogP contribution is -2.46. The van der Waals surface area contributed by atoms with Gasteiger partial charge in [0.1, 0.15) is 5.82 Å². The fourth-order valence-corrected chi connectivity index (χ4v) is 2.91. The van der Waals surface area contributed by atoms with E-state index in [0.29, 0.717) is 0 Å². The van der Waals surface area contributed by atoms with Crippen molar-refractivity contribution in [3.63, 3.8) is 0 Å². The summed E-state index contributed by atoms with van der Waals surface area (Å²) in [6, 6.07) is 3.98. The van der Waals surface area contributed by atoms with Crippen LogP contribution >= 0.6 is 0 Å². The molecule has 1 saturated heterocycles. The Morgan fingerprint density at radius 2 is 2.19 bits per heavy atom. The highest BCUT2D eigenvalue weighted by atomic mass is 16.2. The number of rotatable bonds is 0. The number of carbonyl (C=O) groups excluding carboxylic acids is 1. The number of fused-ring (bicyclic) bond motifs is 2. The van der Waals surface area contributed by atoms with Gasteiger partial charge in [-0.2, -0.15) is 0 Å². The van der Waals surface area contributed by atoms with E-state index in [1.54, 1.807) is 11.1 Å². The Kier molecular flexibility index (Phi) is 2.01. The molecule has 4 nitrogen and oxygen atoms in total. The molecule has 0 aliphatic carbocycles. The number of aromatic nitrogens is 1. The van der Waals surface area contributed by atoms with Gasteiger partial charge in [-0.15, -0.1) is 0 Å². The third-order valence-electron chi connectivity index (χ3n) is 3.79. The van der Waals surface area contributed by atoms with Crippen LogP contribution in [0.25, 0.3) is 0 Å². The summed E-state index contributed by atoms with van der Waals surface area (Å²) in [5, 5.41) is 3.31. The molecule has 2 aliphatic rings. The number of nitrogens with zero attached hydrogens (tertiary/aromatic N) is 2. The van der Waals surface area contributed by atoms with Crippen LogP contribution in [0.2, 0.25) is 0 Å². The summed E-state index contributed by atoms with van der Waals surface area (Å²) in [4.78, 5) is 18.4. The van der Waals surface area contributed by atoms with Crippen molar-refractivity contribution >= 4 is 11.7 Å². The molecule has 1 fully saturated rings. The molecule has 0 aromatic carbocycles. The second-order valence-corrected chi connectivity index (χ2v) is 4.57. The SMILES string of the molecule is CN1C(=O)C2(CCNCC2)c2cccnc21. The number of amides is 1. The van der Waals surface area contributed by atoms with Crippen molar-refractivity contribution in [3.8, 4) is 0 Å². The van der Waals surface area contributed by atoms with Gasteiger partial charge in [0.2, 0.25) is 5.91 Å². The topological polar surface area (TPSA) is 45.2 Å². The second kappa shape index (κ2) is 3.28. The van der Waals surface area contributed by atoms with Crippen molar-refractivity contribution < 1.29 is 4.79 Å². The molecule has 1 amide bonds. The van der Waals surface area contributed by atoms with E-state index in [1.165, 1.54) is 0 Å². The lowest BCUT2D eigenvalue weighted by Gasteiger charge is -2.32. The number of hydrogen-bond acceptors (Lipinski definition) is 3. The zero-order valence-corrected chi connectivity index (χ0v) is 9.36. The van der Waals surface area contributed by atoms with Gasteiger partial charge in [0.05, 0.1) is 5.41 Å². The van der Waals surface area contributed by atoms with Crippen LogP contribution in [0.3, 0.4) is 0 Å². The van der Waals surface area contributed by atoms with Gasteiger partial charge in [0.25, 0.3) is 0 Å². The zero-order valence-electron chi connectivity index (χ0n) is 9.36. The minimum atomic E-state index is -0.302. The largest absolute Gasteiger partial charge is 0.317 e. The van der Waals surface area contributed by atoms with Crippen LogP contribution in [0.1, 0.15) is 18.4 Å². The van der Waals surface area contributed by atoms with Crippen molar-refractivity contribution in [1.29, 1.82) is 0 Å². The first-order valence-electron chi connectivity index (χ1n) is 5.70. The van der Waals surface area contributed by atoms with E-state index in [-0.39, 0.29) is 11.3 Å². The lowest BCUT2D eigenvalue weighted by molar-refractivity contribution is -0.123. The predicted octanol–water partition coefficient (Wildman–Crippen LogP) is 0.679. The van der Waals surface area contributed by atoms with E-state index in [2.05, 4.69) is 16.4 Å². The van der Waals surface area contributed by atoms with Gasteiger partial charge in [-0.1, -0.05) is 6.07 Å².